The summed E-state index contributed by atoms with van der Waals surface area (Å²) in [6, 6.07) is -1.40. The number of aliphatic carboxylic acids is 1. The summed E-state index contributed by atoms with van der Waals surface area (Å²) < 4.78 is 0. The fraction of sp³-hybridized carbons (Fsp3) is 0.824. The first-order valence-corrected chi connectivity index (χ1v) is 8.90. The molecule has 25 heavy (non-hydrogen) atoms. The van der Waals surface area contributed by atoms with Gasteiger partial charge in [-0.05, 0) is 38.1 Å². The molecule has 0 aromatic heterocycles. The molecule has 0 saturated heterocycles. The minimum absolute atomic E-state index is 0.162. The number of aliphatic hydroxyl groups is 1. The zero-order chi connectivity index (χ0) is 19.4. The van der Waals surface area contributed by atoms with Gasteiger partial charge in [-0.2, -0.15) is 0 Å². The van der Waals surface area contributed by atoms with Crippen LogP contribution >= 0.6 is 0 Å². The van der Waals surface area contributed by atoms with E-state index < -0.39 is 36.5 Å². The molecular weight excluding hydrogens is 326 g/mol. The minimum atomic E-state index is -1.18. The molecule has 0 aromatic carbocycles. The van der Waals surface area contributed by atoms with Gasteiger partial charge in [-0.15, -0.1) is 0 Å². The molecule has 0 radical (unpaired) electrons. The summed E-state index contributed by atoms with van der Waals surface area (Å²) in [5.41, 5.74) is 5.46. The average Bonchev–Trinajstić information content (AvgIpc) is 2.51. The van der Waals surface area contributed by atoms with Crippen LogP contribution in [0.3, 0.4) is 0 Å². The number of amides is 2. The summed E-state index contributed by atoms with van der Waals surface area (Å²) in [5, 5.41) is 24.4. The Labute approximate surface area is 149 Å². The highest BCUT2D eigenvalue weighted by molar-refractivity contribution is 5.87. The van der Waals surface area contributed by atoms with Crippen molar-refractivity contribution in [2.24, 2.45) is 11.7 Å². The second-order valence-electron chi connectivity index (χ2n) is 6.67. The number of carbonyl (C=O) groups is 3. The summed E-state index contributed by atoms with van der Waals surface area (Å²) in [5.74, 6) is -1.61. The third kappa shape index (κ3) is 10.7. The molecule has 0 spiro atoms. The van der Waals surface area contributed by atoms with E-state index in [0.29, 0.717) is 25.8 Å². The third-order valence-corrected chi connectivity index (χ3v) is 3.82. The first kappa shape index (κ1) is 23.3. The van der Waals surface area contributed by atoms with E-state index >= 15 is 0 Å². The zero-order valence-electron chi connectivity index (χ0n) is 15.5. The van der Waals surface area contributed by atoms with Gasteiger partial charge in [-0.3, -0.25) is 14.4 Å². The van der Waals surface area contributed by atoms with Crippen LogP contribution in [0.2, 0.25) is 0 Å². The van der Waals surface area contributed by atoms with Crippen LogP contribution in [0, 0.1) is 5.92 Å². The van der Waals surface area contributed by atoms with Crippen molar-refractivity contribution in [3.8, 4) is 0 Å². The quantitative estimate of drug-likeness (QED) is 0.301. The second kappa shape index (κ2) is 12.7. The highest BCUT2D eigenvalue weighted by atomic mass is 16.4. The summed E-state index contributed by atoms with van der Waals surface area (Å²) in [6.07, 6.45) is 0.938. The van der Waals surface area contributed by atoms with Gasteiger partial charge in [-0.1, -0.05) is 20.8 Å². The molecule has 8 heteroatoms. The molecule has 0 aliphatic rings. The Hall–Kier alpha value is -1.67. The van der Waals surface area contributed by atoms with Crippen LogP contribution in [-0.2, 0) is 14.4 Å². The summed E-state index contributed by atoms with van der Waals surface area (Å²) in [7, 11) is 0. The predicted octanol–water partition coefficient (Wildman–Crippen LogP) is 0.377. The molecule has 0 rings (SSSR count). The van der Waals surface area contributed by atoms with Gasteiger partial charge < -0.3 is 26.6 Å². The summed E-state index contributed by atoms with van der Waals surface area (Å²) >= 11 is 0. The van der Waals surface area contributed by atoms with Gasteiger partial charge in [0.05, 0.1) is 18.6 Å². The van der Waals surface area contributed by atoms with Crippen molar-refractivity contribution >= 4 is 17.8 Å². The number of nitrogens with one attached hydrogen (secondary N) is 2. The van der Waals surface area contributed by atoms with Gasteiger partial charge in [0.25, 0.3) is 0 Å². The number of rotatable bonds is 13. The monoisotopic (exact) mass is 359 g/mol. The Morgan fingerprint density at radius 1 is 1.12 bits per heavy atom. The number of carboxylic acids is 1. The largest absolute Gasteiger partial charge is 0.481 e. The molecule has 3 atom stereocenters. The van der Waals surface area contributed by atoms with Crippen LogP contribution in [-0.4, -0.2) is 52.7 Å². The number of carboxylic acid groups (broad SMARTS) is 1. The molecule has 146 valence electrons. The van der Waals surface area contributed by atoms with Crippen LogP contribution in [0.5, 0.6) is 0 Å². The Bertz CT molecular complexity index is 429. The maximum atomic E-state index is 12.6. The Balaban J connectivity index is 4.99. The lowest BCUT2D eigenvalue weighted by Gasteiger charge is -2.27. The SMILES string of the molecule is CCC(=O)N[C@@H](CCCCN)C(=O)N[C@@H](CC(C)C)[C@@H](O)CC(=O)O. The van der Waals surface area contributed by atoms with E-state index in [1.54, 1.807) is 6.92 Å². The van der Waals surface area contributed by atoms with Crippen LogP contribution in [0.4, 0.5) is 0 Å². The van der Waals surface area contributed by atoms with Crippen molar-refractivity contribution in [3.63, 3.8) is 0 Å². The molecule has 6 N–H and O–H groups in total. The zero-order valence-corrected chi connectivity index (χ0v) is 15.5. The van der Waals surface area contributed by atoms with E-state index in [1.165, 1.54) is 0 Å². The number of hydrogen-bond acceptors (Lipinski definition) is 5. The number of aliphatic hydroxyl groups excluding tert-OH is 1. The van der Waals surface area contributed by atoms with E-state index in [2.05, 4.69) is 10.6 Å². The lowest BCUT2D eigenvalue weighted by molar-refractivity contribution is -0.140. The van der Waals surface area contributed by atoms with Crippen molar-refractivity contribution in [2.75, 3.05) is 6.54 Å². The van der Waals surface area contributed by atoms with Gasteiger partial charge in [0.1, 0.15) is 6.04 Å². The van der Waals surface area contributed by atoms with Gasteiger partial charge in [0.2, 0.25) is 11.8 Å². The topological polar surface area (TPSA) is 142 Å². The van der Waals surface area contributed by atoms with E-state index in [-0.39, 0.29) is 18.2 Å². The Morgan fingerprint density at radius 3 is 2.24 bits per heavy atom. The van der Waals surface area contributed by atoms with E-state index in [1.807, 2.05) is 13.8 Å². The van der Waals surface area contributed by atoms with Crippen LogP contribution in [0.15, 0.2) is 0 Å². The van der Waals surface area contributed by atoms with Crippen molar-refractivity contribution in [3.05, 3.63) is 0 Å². The molecule has 8 nitrogen and oxygen atoms in total. The van der Waals surface area contributed by atoms with Crippen molar-refractivity contribution < 1.29 is 24.6 Å². The van der Waals surface area contributed by atoms with Crippen LogP contribution in [0.25, 0.3) is 0 Å². The minimum Gasteiger partial charge on any atom is -0.481 e. The Morgan fingerprint density at radius 2 is 1.76 bits per heavy atom. The first-order valence-electron chi connectivity index (χ1n) is 8.90. The number of hydrogen-bond donors (Lipinski definition) is 5. The molecule has 0 aliphatic carbocycles. The Kier molecular flexibility index (Phi) is 11.8. The summed E-state index contributed by atoms with van der Waals surface area (Å²) in [4.78, 5) is 35.1. The molecule has 0 fully saturated rings. The fourth-order valence-electron chi connectivity index (χ4n) is 2.48. The number of unbranched alkanes of at least 4 members (excludes halogenated alkanes) is 1. The summed E-state index contributed by atoms with van der Waals surface area (Å²) in [6.45, 7) is 6.04. The molecule has 0 saturated carbocycles. The molecular formula is C17H33N3O5. The smallest absolute Gasteiger partial charge is 0.306 e. The van der Waals surface area contributed by atoms with Crippen LogP contribution < -0.4 is 16.4 Å². The van der Waals surface area contributed by atoms with E-state index in [4.69, 9.17) is 10.8 Å². The highest BCUT2D eigenvalue weighted by Crippen LogP contribution is 2.12. The third-order valence-electron chi connectivity index (χ3n) is 3.82. The predicted molar refractivity (Wildman–Crippen MR) is 94.8 cm³/mol. The lowest BCUT2D eigenvalue weighted by Crippen LogP contribution is -2.53. The fourth-order valence-corrected chi connectivity index (χ4v) is 2.48. The number of carbonyl (C=O) groups excluding carboxylic acids is 2. The molecule has 0 aromatic rings. The molecule has 0 aliphatic heterocycles. The highest BCUT2D eigenvalue weighted by Gasteiger charge is 2.28. The first-order chi connectivity index (χ1) is 11.7. The van der Waals surface area contributed by atoms with Gasteiger partial charge in [0.15, 0.2) is 0 Å². The maximum absolute atomic E-state index is 12.6. The maximum Gasteiger partial charge on any atom is 0.306 e. The normalized spacial score (nSPS) is 14.6. The van der Waals surface area contributed by atoms with Crippen molar-refractivity contribution in [1.82, 2.24) is 10.6 Å². The second-order valence-corrected chi connectivity index (χ2v) is 6.67. The van der Waals surface area contributed by atoms with E-state index in [0.717, 1.165) is 6.42 Å². The van der Waals surface area contributed by atoms with Gasteiger partial charge >= 0.3 is 5.97 Å². The molecule has 0 bridgehead atoms. The van der Waals surface area contributed by atoms with Gasteiger partial charge in [-0.25, -0.2) is 0 Å². The molecule has 0 unspecified atom stereocenters. The molecule has 0 heterocycles. The molecule has 2 amide bonds. The lowest BCUT2D eigenvalue weighted by atomic mass is 9.96. The van der Waals surface area contributed by atoms with Crippen molar-refractivity contribution in [2.45, 2.75) is 77.5 Å². The average molecular weight is 359 g/mol. The van der Waals surface area contributed by atoms with Gasteiger partial charge in [0, 0.05) is 6.42 Å². The van der Waals surface area contributed by atoms with Crippen LogP contribution in [0.1, 0.15) is 59.3 Å². The number of nitrogens with two attached hydrogens (primary N) is 1. The standard InChI is InChI=1S/C17H33N3O5/c1-4-15(22)19-12(7-5-6-8-18)17(25)20-13(9-11(2)3)14(21)10-16(23)24/h11-14,21H,4-10,18H2,1-3H3,(H,19,22)(H,20,25)(H,23,24)/t12-,13-,14-/m0/s1. The van der Waals surface area contributed by atoms with E-state index in [9.17, 15) is 19.5 Å². The van der Waals surface area contributed by atoms with Crippen molar-refractivity contribution in [1.29, 1.82) is 0 Å².